The number of rotatable bonds is 3. The van der Waals surface area contributed by atoms with Crippen LogP contribution in [0.1, 0.15) is 15.9 Å². The summed E-state index contributed by atoms with van der Waals surface area (Å²) >= 11 is 0. The minimum absolute atomic E-state index is 0.174. The summed E-state index contributed by atoms with van der Waals surface area (Å²) < 4.78 is 21.1. The van der Waals surface area contributed by atoms with Crippen LogP contribution < -0.4 is 0 Å². The number of fused-ring (bicyclic) bond motifs is 5. The first-order valence-corrected chi connectivity index (χ1v) is 8.20. The smallest absolute Gasteiger partial charge is 0.340 e. The summed E-state index contributed by atoms with van der Waals surface area (Å²) in [5, 5.41) is 1.68. The molecule has 0 fully saturated rings. The van der Waals surface area contributed by atoms with Gasteiger partial charge in [0.25, 0.3) is 0 Å². The molecule has 7 nitrogen and oxygen atoms in total. The van der Waals surface area contributed by atoms with Crippen LogP contribution in [0.2, 0.25) is 0 Å². The van der Waals surface area contributed by atoms with Gasteiger partial charge in [0.15, 0.2) is 11.9 Å². The monoisotopic (exact) mass is 368 g/mol. The normalized spacial score (nSPS) is 23.4. The van der Waals surface area contributed by atoms with E-state index in [0.717, 1.165) is 17.9 Å². The maximum absolute atomic E-state index is 13.1. The van der Waals surface area contributed by atoms with Crippen LogP contribution >= 0.6 is 0 Å². The average molecular weight is 368 g/mol. The van der Waals surface area contributed by atoms with Crippen LogP contribution in [0.5, 0.6) is 0 Å². The molecule has 138 valence electrons. The van der Waals surface area contributed by atoms with E-state index in [1.807, 2.05) is 24.3 Å². The number of hydrogen-bond acceptors (Lipinski definition) is 7. The lowest BCUT2D eigenvalue weighted by Crippen LogP contribution is -2.42. The van der Waals surface area contributed by atoms with Crippen molar-refractivity contribution in [2.45, 2.75) is 11.9 Å². The molecular formula is C20H16O7. The zero-order valence-electron chi connectivity index (χ0n) is 14.9. The molecule has 0 aliphatic carbocycles. The number of methoxy groups -OCH3 is 3. The lowest BCUT2D eigenvalue weighted by Gasteiger charge is -2.35. The third-order valence-electron chi connectivity index (χ3n) is 4.97. The highest BCUT2D eigenvalue weighted by Crippen LogP contribution is 2.51. The Morgan fingerprint density at radius 3 is 2.22 bits per heavy atom. The van der Waals surface area contributed by atoms with E-state index in [-0.39, 0.29) is 11.1 Å². The number of hydrogen-bond donors (Lipinski definition) is 0. The highest BCUT2D eigenvalue weighted by Gasteiger charge is 2.61. The summed E-state index contributed by atoms with van der Waals surface area (Å²) in [7, 11) is 3.69. The summed E-state index contributed by atoms with van der Waals surface area (Å²) in [4.78, 5) is 38.1. The van der Waals surface area contributed by atoms with E-state index in [1.165, 1.54) is 14.2 Å². The second kappa shape index (κ2) is 6.00. The van der Waals surface area contributed by atoms with Gasteiger partial charge in [-0.25, -0.2) is 9.59 Å². The largest absolute Gasteiger partial charge is 0.466 e. The fraction of sp³-hybridized carbons (Fsp3) is 0.250. The Bertz CT molecular complexity index is 1040. The fourth-order valence-electron chi connectivity index (χ4n) is 3.76. The van der Waals surface area contributed by atoms with Crippen LogP contribution in [-0.4, -0.2) is 45.2 Å². The van der Waals surface area contributed by atoms with Gasteiger partial charge in [0.2, 0.25) is 5.79 Å². The molecule has 0 amide bonds. The average Bonchev–Trinajstić information content (AvgIpc) is 3.03. The fourth-order valence-corrected chi connectivity index (χ4v) is 3.76. The molecule has 0 radical (unpaired) electrons. The first-order valence-electron chi connectivity index (χ1n) is 8.20. The number of ether oxygens (including phenoxy) is 4. The van der Waals surface area contributed by atoms with E-state index >= 15 is 0 Å². The standard InChI is InChI=1S/C20H16O7/c1-24-18(22)14-15(19(23)25-2)20(26-3)13-9-11-7-5-4-6-10(11)8-12(13)16(21)17(14)27-20/h4-9,17H,1-3H3/t17-,20-/m1/s1. The molecule has 2 aliphatic rings. The topological polar surface area (TPSA) is 88.1 Å². The van der Waals surface area contributed by atoms with Crippen LogP contribution in [0, 0.1) is 0 Å². The minimum Gasteiger partial charge on any atom is -0.466 e. The highest BCUT2D eigenvalue weighted by molar-refractivity contribution is 6.16. The van der Waals surface area contributed by atoms with Crippen LogP contribution in [0.25, 0.3) is 10.8 Å². The molecule has 2 atom stereocenters. The number of Topliss-reactive ketones (excluding diaryl/α,β-unsaturated/α-hetero) is 1. The maximum Gasteiger partial charge on any atom is 0.340 e. The zero-order valence-corrected chi connectivity index (χ0v) is 14.9. The molecule has 0 unspecified atom stereocenters. The van der Waals surface area contributed by atoms with Gasteiger partial charge in [0.05, 0.1) is 19.8 Å². The lowest BCUT2D eigenvalue weighted by atomic mass is 9.89. The minimum atomic E-state index is -1.73. The van der Waals surface area contributed by atoms with Crippen LogP contribution in [0.3, 0.4) is 0 Å². The van der Waals surface area contributed by atoms with Crippen molar-refractivity contribution in [2.75, 3.05) is 21.3 Å². The van der Waals surface area contributed by atoms with Gasteiger partial charge in [-0.1, -0.05) is 24.3 Å². The third kappa shape index (κ3) is 2.19. The Balaban J connectivity index is 2.09. The molecular weight excluding hydrogens is 352 g/mol. The molecule has 2 bridgehead atoms. The Labute approximate surface area is 154 Å². The van der Waals surface area contributed by atoms with Gasteiger partial charge in [-0.15, -0.1) is 0 Å². The van der Waals surface area contributed by atoms with E-state index in [9.17, 15) is 14.4 Å². The number of carbonyl (C=O) groups excluding carboxylic acids is 3. The van der Waals surface area contributed by atoms with Crippen LogP contribution in [0.4, 0.5) is 0 Å². The van der Waals surface area contributed by atoms with Gasteiger partial charge >= 0.3 is 11.9 Å². The van der Waals surface area contributed by atoms with Crippen molar-refractivity contribution < 1.29 is 33.3 Å². The SMILES string of the molecule is COC(=O)C1=C(C(=O)OC)[C@]2(OC)O[C@H]1C(=O)c1cc3ccccc3cc12. The highest BCUT2D eigenvalue weighted by atomic mass is 16.7. The predicted molar refractivity (Wildman–Crippen MR) is 92.9 cm³/mol. The van der Waals surface area contributed by atoms with E-state index in [2.05, 4.69) is 0 Å². The van der Waals surface area contributed by atoms with Gasteiger partial charge in [-0.05, 0) is 22.9 Å². The molecule has 0 aromatic heterocycles. The van der Waals surface area contributed by atoms with Gasteiger partial charge in [-0.2, -0.15) is 0 Å². The molecule has 2 aromatic carbocycles. The van der Waals surface area contributed by atoms with E-state index < -0.39 is 29.6 Å². The van der Waals surface area contributed by atoms with Crippen LogP contribution in [-0.2, 0) is 34.3 Å². The Morgan fingerprint density at radius 2 is 1.63 bits per heavy atom. The van der Waals surface area contributed by atoms with Gasteiger partial charge in [0.1, 0.15) is 5.57 Å². The van der Waals surface area contributed by atoms with E-state index in [4.69, 9.17) is 18.9 Å². The zero-order chi connectivity index (χ0) is 19.3. The van der Waals surface area contributed by atoms with Crippen molar-refractivity contribution in [1.82, 2.24) is 0 Å². The Hall–Kier alpha value is -3.03. The van der Waals surface area contributed by atoms with Crippen molar-refractivity contribution >= 4 is 28.5 Å². The number of benzene rings is 2. The number of esters is 2. The molecule has 4 rings (SSSR count). The lowest BCUT2D eigenvalue weighted by molar-refractivity contribution is -0.207. The molecule has 2 heterocycles. The van der Waals surface area contributed by atoms with Crippen molar-refractivity contribution in [3.63, 3.8) is 0 Å². The van der Waals surface area contributed by atoms with Crippen molar-refractivity contribution in [1.29, 1.82) is 0 Å². The first kappa shape index (κ1) is 17.4. The summed E-state index contributed by atoms with van der Waals surface area (Å²) in [5.41, 5.74) is 0.305. The second-order valence-electron chi connectivity index (χ2n) is 6.20. The second-order valence-corrected chi connectivity index (χ2v) is 6.20. The van der Waals surface area contributed by atoms with E-state index in [0.29, 0.717) is 11.1 Å². The Morgan fingerprint density at radius 1 is 1.00 bits per heavy atom. The van der Waals surface area contributed by atoms with Crippen molar-refractivity contribution in [2.24, 2.45) is 0 Å². The van der Waals surface area contributed by atoms with Crippen molar-refractivity contribution in [3.8, 4) is 0 Å². The quantitative estimate of drug-likeness (QED) is 0.764. The summed E-state index contributed by atoms with van der Waals surface area (Å²) in [6.07, 6.45) is -1.31. The number of carbonyl (C=O) groups is 3. The first-order chi connectivity index (χ1) is 13.0. The number of ketones is 1. The summed E-state index contributed by atoms with van der Waals surface area (Å²) in [5.74, 6) is -3.84. The molecule has 0 spiro atoms. The Kier molecular flexibility index (Phi) is 3.87. The molecule has 7 heteroatoms. The van der Waals surface area contributed by atoms with E-state index in [1.54, 1.807) is 12.1 Å². The van der Waals surface area contributed by atoms with Gasteiger partial charge in [-0.3, -0.25) is 4.79 Å². The molecule has 0 saturated heterocycles. The molecule has 2 aromatic rings. The molecule has 27 heavy (non-hydrogen) atoms. The van der Waals surface area contributed by atoms with Crippen molar-refractivity contribution in [3.05, 3.63) is 58.7 Å². The molecule has 2 aliphatic heterocycles. The van der Waals surface area contributed by atoms with Gasteiger partial charge in [0, 0.05) is 18.2 Å². The molecule has 0 saturated carbocycles. The summed E-state index contributed by atoms with van der Waals surface area (Å²) in [6, 6.07) is 10.9. The molecule has 0 N–H and O–H groups in total. The van der Waals surface area contributed by atoms with Crippen LogP contribution in [0.15, 0.2) is 47.5 Å². The maximum atomic E-state index is 13.1. The van der Waals surface area contributed by atoms with Gasteiger partial charge < -0.3 is 18.9 Å². The third-order valence-corrected chi connectivity index (χ3v) is 4.97. The summed E-state index contributed by atoms with van der Waals surface area (Å²) in [6.45, 7) is 0. The predicted octanol–water partition coefficient (Wildman–Crippen LogP) is 1.88.